The molecule has 1 heterocycles. The first-order valence-corrected chi connectivity index (χ1v) is 14.7. The Morgan fingerprint density at radius 1 is 0.476 bits per heavy atom. The van der Waals surface area contributed by atoms with Crippen LogP contribution in [0, 0.1) is 0 Å². The largest absolute Gasteiger partial charge is 0.456 e. The van der Waals surface area contributed by atoms with E-state index in [1.54, 1.807) is 0 Å². The molecule has 1 heteroatoms. The van der Waals surface area contributed by atoms with Crippen molar-refractivity contribution in [1.82, 2.24) is 0 Å². The lowest BCUT2D eigenvalue weighted by atomic mass is 9.78. The molecular formula is C41H28O. The second-order valence-electron chi connectivity index (χ2n) is 12.1. The van der Waals surface area contributed by atoms with Gasteiger partial charge in [-0.15, -0.1) is 0 Å². The number of furan rings is 1. The summed E-state index contributed by atoms with van der Waals surface area (Å²) in [4.78, 5) is 0. The molecule has 0 bridgehead atoms. The van der Waals surface area contributed by atoms with Crippen LogP contribution in [-0.4, -0.2) is 0 Å². The molecule has 0 N–H and O–H groups in total. The van der Waals surface area contributed by atoms with Crippen LogP contribution in [0.3, 0.4) is 0 Å². The van der Waals surface area contributed by atoms with E-state index in [0.29, 0.717) is 0 Å². The summed E-state index contributed by atoms with van der Waals surface area (Å²) in [7, 11) is 0. The highest BCUT2D eigenvalue weighted by molar-refractivity contribution is 6.16. The molecular weight excluding hydrogens is 508 g/mol. The van der Waals surface area contributed by atoms with Gasteiger partial charge in [0.2, 0.25) is 0 Å². The normalized spacial score (nSPS) is 13.7. The van der Waals surface area contributed by atoms with E-state index in [9.17, 15) is 0 Å². The maximum absolute atomic E-state index is 6.42. The molecule has 0 radical (unpaired) electrons. The molecule has 1 aliphatic carbocycles. The van der Waals surface area contributed by atoms with Crippen LogP contribution in [0.2, 0.25) is 0 Å². The van der Waals surface area contributed by atoms with Gasteiger partial charge in [-0.25, -0.2) is 0 Å². The lowest BCUT2D eigenvalue weighted by molar-refractivity contribution is 0.666. The monoisotopic (exact) mass is 536 g/mol. The summed E-state index contributed by atoms with van der Waals surface area (Å²) in [5.41, 5.74) is 12.2. The van der Waals surface area contributed by atoms with Crippen molar-refractivity contribution in [3.8, 4) is 33.4 Å². The zero-order chi connectivity index (χ0) is 28.0. The number of benzene rings is 7. The fourth-order valence-electron chi connectivity index (χ4n) is 7.47. The highest BCUT2D eigenvalue weighted by Gasteiger charge is 2.38. The molecule has 1 nitrogen and oxygen atoms in total. The summed E-state index contributed by atoms with van der Waals surface area (Å²) in [6, 6.07) is 48.6. The number of hydrogen-bond acceptors (Lipinski definition) is 1. The van der Waals surface area contributed by atoms with E-state index in [1.165, 1.54) is 71.4 Å². The number of fused-ring (bicyclic) bond motifs is 9. The van der Waals surface area contributed by atoms with Crippen LogP contribution in [0.1, 0.15) is 25.0 Å². The van der Waals surface area contributed by atoms with Crippen LogP contribution in [0.15, 0.2) is 138 Å². The summed E-state index contributed by atoms with van der Waals surface area (Å²) >= 11 is 0. The fourth-order valence-corrected chi connectivity index (χ4v) is 7.47. The molecule has 0 aliphatic heterocycles. The summed E-state index contributed by atoms with van der Waals surface area (Å²) in [5.74, 6) is 0. The van der Waals surface area contributed by atoms with E-state index in [1.807, 2.05) is 0 Å². The molecule has 0 saturated carbocycles. The zero-order valence-electron chi connectivity index (χ0n) is 23.6. The molecule has 8 aromatic rings. The van der Waals surface area contributed by atoms with Gasteiger partial charge < -0.3 is 4.42 Å². The number of hydrogen-bond donors (Lipinski definition) is 0. The van der Waals surface area contributed by atoms with E-state index < -0.39 is 0 Å². The Balaban J connectivity index is 1.36. The van der Waals surface area contributed by atoms with Gasteiger partial charge in [0.15, 0.2) is 0 Å². The van der Waals surface area contributed by atoms with Crippen molar-refractivity contribution in [1.29, 1.82) is 0 Å². The SMILES string of the molecule is CC1(C)c2ccccc2-c2c(-c3ccccc3)cc3ccc(-c4cccc5oc6cc7ccccc7cc6c45)cc3c21. The van der Waals surface area contributed by atoms with E-state index in [0.717, 1.165) is 16.6 Å². The fraction of sp³-hybridized carbons (Fsp3) is 0.0732. The van der Waals surface area contributed by atoms with Crippen molar-refractivity contribution in [3.63, 3.8) is 0 Å². The van der Waals surface area contributed by atoms with Crippen LogP contribution < -0.4 is 0 Å². The smallest absolute Gasteiger partial charge is 0.136 e. The second-order valence-corrected chi connectivity index (χ2v) is 12.1. The first-order valence-electron chi connectivity index (χ1n) is 14.7. The maximum atomic E-state index is 6.42. The van der Waals surface area contributed by atoms with Crippen LogP contribution in [0.4, 0.5) is 0 Å². The zero-order valence-corrected chi connectivity index (χ0v) is 23.6. The highest BCUT2D eigenvalue weighted by Crippen LogP contribution is 2.55. The molecule has 0 fully saturated rings. The van der Waals surface area contributed by atoms with Crippen molar-refractivity contribution in [2.45, 2.75) is 19.3 Å². The molecule has 7 aromatic carbocycles. The summed E-state index contributed by atoms with van der Waals surface area (Å²) in [6.07, 6.45) is 0. The maximum Gasteiger partial charge on any atom is 0.136 e. The van der Waals surface area contributed by atoms with Gasteiger partial charge in [-0.05, 0) is 96.4 Å². The topological polar surface area (TPSA) is 13.1 Å². The Bertz CT molecular complexity index is 2370. The highest BCUT2D eigenvalue weighted by atomic mass is 16.3. The average molecular weight is 537 g/mol. The molecule has 0 saturated heterocycles. The van der Waals surface area contributed by atoms with Crippen molar-refractivity contribution in [3.05, 3.63) is 145 Å². The lowest BCUT2D eigenvalue weighted by Crippen LogP contribution is -2.15. The molecule has 0 atom stereocenters. The van der Waals surface area contributed by atoms with Crippen molar-refractivity contribution in [2.24, 2.45) is 0 Å². The summed E-state index contributed by atoms with van der Waals surface area (Å²) < 4.78 is 6.42. The van der Waals surface area contributed by atoms with Gasteiger partial charge in [0.1, 0.15) is 11.2 Å². The van der Waals surface area contributed by atoms with Gasteiger partial charge in [-0.3, -0.25) is 0 Å². The van der Waals surface area contributed by atoms with Gasteiger partial charge >= 0.3 is 0 Å². The third kappa shape index (κ3) is 3.19. The molecule has 0 spiro atoms. The van der Waals surface area contributed by atoms with Gasteiger partial charge in [-0.2, -0.15) is 0 Å². The Hall–Kier alpha value is -5.14. The van der Waals surface area contributed by atoms with Crippen LogP contribution in [0.25, 0.3) is 76.9 Å². The van der Waals surface area contributed by atoms with Crippen LogP contribution in [-0.2, 0) is 5.41 Å². The van der Waals surface area contributed by atoms with Crippen molar-refractivity contribution in [2.75, 3.05) is 0 Å². The standard InChI is InChI=1S/C41H28O/c1-41(2)35-17-9-8-15-31(35)39-32(25-11-4-3-5-12-25)22-29-20-19-28(23-33(29)40(39)41)30-16-10-18-36-38(30)34-21-26-13-6-7-14-27(26)24-37(34)42-36/h3-24H,1-2H3. The molecule has 42 heavy (non-hydrogen) atoms. The van der Waals surface area contributed by atoms with E-state index in [4.69, 9.17) is 4.42 Å². The second kappa shape index (κ2) is 8.44. The molecule has 1 aromatic heterocycles. The molecule has 0 unspecified atom stereocenters. The van der Waals surface area contributed by atoms with Crippen LogP contribution >= 0.6 is 0 Å². The predicted molar refractivity (Wildman–Crippen MR) is 177 cm³/mol. The van der Waals surface area contributed by atoms with Crippen molar-refractivity contribution >= 4 is 43.5 Å². The first kappa shape index (κ1) is 23.6. The minimum absolute atomic E-state index is 0.124. The van der Waals surface area contributed by atoms with Gasteiger partial charge in [-0.1, -0.05) is 117 Å². The van der Waals surface area contributed by atoms with Gasteiger partial charge in [0.05, 0.1) is 0 Å². The summed E-state index contributed by atoms with van der Waals surface area (Å²) in [6.45, 7) is 4.77. The van der Waals surface area contributed by atoms with Gasteiger partial charge in [0, 0.05) is 16.2 Å². The molecule has 1 aliphatic rings. The number of rotatable bonds is 2. The quantitative estimate of drug-likeness (QED) is 0.214. The predicted octanol–water partition coefficient (Wildman–Crippen LogP) is 11.5. The minimum atomic E-state index is -0.124. The minimum Gasteiger partial charge on any atom is -0.456 e. The Morgan fingerprint density at radius 2 is 1.21 bits per heavy atom. The first-order chi connectivity index (χ1) is 20.6. The average Bonchev–Trinajstić information content (AvgIpc) is 3.51. The Morgan fingerprint density at radius 3 is 2.07 bits per heavy atom. The van der Waals surface area contributed by atoms with Gasteiger partial charge in [0.25, 0.3) is 0 Å². The van der Waals surface area contributed by atoms with E-state index in [2.05, 4.69) is 147 Å². The van der Waals surface area contributed by atoms with E-state index in [-0.39, 0.29) is 5.41 Å². The van der Waals surface area contributed by atoms with Crippen molar-refractivity contribution < 1.29 is 4.42 Å². The summed E-state index contributed by atoms with van der Waals surface area (Å²) in [5, 5.41) is 7.36. The molecule has 9 rings (SSSR count). The van der Waals surface area contributed by atoms with E-state index >= 15 is 0 Å². The third-order valence-corrected chi connectivity index (χ3v) is 9.40. The Kier molecular flexibility index (Phi) is 4.73. The lowest BCUT2D eigenvalue weighted by Gasteiger charge is -2.24. The molecule has 198 valence electrons. The Labute approximate surface area is 244 Å². The third-order valence-electron chi connectivity index (χ3n) is 9.40. The van der Waals surface area contributed by atoms with Crippen LogP contribution in [0.5, 0.6) is 0 Å². The molecule has 0 amide bonds.